The van der Waals surface area contributed by atoms with Gasteiger partial charge in [-0.25, -0.2) is 4.98 Å². The van der Waals surface area contributed by atoms with Crippen LogP contribution in [0.2, 0.25) is 0 Å². The minimum atomic E-state index is 0.679. The van der Waals surface area contributed by atoms with Gasteiger partial charge < -0.3 is 5.73 Å². The Labute approximate surface area is 89.2 Å². The van der Waals surface area contributed by atoms with Gasteiger partial charge in [0, 0.05) is 17.3 Å². The highest BCUT2D eigenvalue weighted by molar-refractivity contribution is 7.07. The maximum absolute atomic E-state index is 5.71. The third kappa shape index (κ3) is 1.26. The van der Waals surface area contributed by atoms with Crippen LogP contribution in [0.1, 0.15) is 0 Å². The Morgan fingerprint density at radius 2 is 2.20 bits per heavy atom. The molecule has 0 saturated heterocycles. The van der Waals surface area contributed by atoms with E-state index in [0.717, 1.165) is 17.2 Å². The molecule has 15 heavy (non-hydrogen) atoms. The number of thiazole rings is 1. The minimum Gasteiger partial charge on any atom is -0.398 e. The molecular weight excluding hydrogens is 210 g/mol. The van der Waals surface area contributed by atoms with E-state index in [0.29, 0.717) is 5.69 Å². The summed E-state index contributed by atoms with van der Waals surface area (Å²) in [5.41, 5.74) is 9.75. The van der Waals surface area contributed by atoms with E-state index in [1.165, 1.54) is 11.3 Å². The molecule has 0 aliphatic carbocycles. The Hall–Kier alpha value is -1.95. The summed E-state index contributed by atoms with van der Waals surface area (Å²) in [6, 6.07) is 3.63. The van der Waals surface area contributed by atoms with Gasteiger partial charge in [0.15, 0.2) is 11.5 Å². The zero-order valence-corrected chi connectivity index (χ0v) is 8.48. The zero-order chi connectivity index (χ0) is 10.3. The maximum atomic E-state index is 5.71. The van der Waals surface area contributed by atoms with Crippen LogP contribution in [0, 0.1) is 0 Å². The molecule has 3 heterocycles. The molecule has 0 spiro atoms. The van der Waals surface area contributed by atoms with Crippen molar-refractivity contribution in [1.29, 1.82) is 0 Å². The van der Waals surface area contributed by atoms with Crippen molar-refractivity contribution in [3.63, 3.8) is 0 Å². The Balaban J connectivity index is 2.32. The van der Waals surface area contributed by atoms with Gasteiger partial charge in [-0.05, 0) is 12.1 Å². The lowest BCUT2D eigenvalue weighted by Crippen LogP contribution is -1.92. The summed E-state index contributed by atoms with van der Waals surface area (Å²) in [5, 5.41) is 10.0. The molecule has 5 nitrogen and oxygen atoms in total. The van der Waals surface area contributed by atoms with Crippen molar-refractivity contribution in [3.8, 4) is 11.5 Å². The van der Waals surface area contributed by atoms with E-state index in [9.17, 15) is 0 Å². The quantitative estimate of drug-likeness (QED) is 0.669. The van der Waals surface area contributed by atoms with E-state index >= 15 is 0 Å². The average molecular weight is 217 g/mol. The molecule has 0 aromatic carbocycles. The lowest BCUT2D eigenvalue weighted by atomic mass is 10.4. The van der Waals surface area contributed by atoms with Crippen LogP contribution < -0.4 is 5.73 Å². The van der Waals surface area contributed by atoms with Crippen LogP contribution in [0.3, 0.4) is 0 Å². The second-order valence-electron chi connectivity index (χ2n) is 3.09. The van der Waals surface area contributed by atoms with Gasteiger partial charge in [-0.15, -0.1) is 21.5 Å². The zero-order valence-electron chi connectivity index (χ0n) is 7.66. The largest absolute Gasteiger partial charge is 0.398 e. The van der Waals surface area contributed by atoms with Gasteiger partial charge in [0.1, 0.15) is 5.69 Å². The van der Waals surface area contributed by atoms with Gasteiger partial charge in [0.05, 0.1) is 5.51 Å². The van der Waals surface area contributed by atoms with Crippen LogP contribution in [0.5, 0.6) is 0 Å². The third-order valence-electron chi connectivity index (χ3n) is 2.09. The van der Waals surface area contributed by atoms with Crippen LogP contribution in [0.15, 0.2) is 29.2 Å². The van der Waals surface area contributed by atoms with Crippen molar-refractivity contribution >= 4 is 22.7 Å². The van der Waals surface area contributed by atoms with Gasteiger partial charge in [-0.2, -0.15) is 0 Å². The molecule has 0 fully saturated rings. The average Bonchev–Trinajstić information content (AvgIpc) is 2.83. The molecule has 0 aliphatic rings. The first-order valence-corrected chi connectivity index (χ1v) is 5.28. The first-order valence-electron chi connectivity index (χ1n) is 4.33. The lowest BCUT2D eigenvalue weighted by molar-refractivity contribution is 1.10. The molecular formula is C9H7N5S. The maximum Gasteiger partial charge on any atom is 0.187 e. The summed E-state index contributed by atoms with van der Waals surface area (Å²) in [6.45, 7) is 0. The molecule has 0 amide bonds. The number of nitrogens with two attached hydrogens (primary N) is 1. The first-order chi connectivity index (χ1) is 7.34. The second kappa shape index (κ2) is 3.03. The molecule has 74 valence electrons. The number of fused-ring (bicyclic) bond motifs is 1. The standard InChI is InChI=1S/C9H7N5S/c10-6-1-2-8-12-13-9(14(8)3-6)7-4-15-5-11-7/h1-5H,10H2. The number of hydrogen-bond donors (Lipinski definition) is 1. The fourth-order valence-corrected chi connectivity index (χ4v) is 1.94. The van der Waals surface area contributed by atoms with Gasteiger partial charge in [0.25, 0.3) is 0 Å². The number of nitrogens with zero attached hydrogens (tertiary/aromatic N) is 4. The highest BCUT2D eigenvalue weighted by Crippen LogP contribution is 2.18. The van der Waals surface area contributed by atoms with E-state index in [2.05, 4.69) is 15.2 Å². The van der Waals surface area contributed by atoms with Crippen molar-refractivity contribution in [2.24, 2.45) is 0 Å². The molecule has 0 unspecified atom stereocenters. The Kier molecular flexibility index (Phi) is 1.69. The Morgan fingerprint density at radius 1 is 1.27 bits per heavy atom. The molecule has 3 aromatic heterocycles. The highest BCUT2D eigenvalue weighted by Gasteiger charge is 2.09. The van der Waals surface area contributed by atoms with Crippen molar-refractivity contribution in [1.82, 2.24) is 19.6 Å². The van der Waals surface area contributed by atoms with Crippen LogP contribution in [-0.4, -0.2) is 19.6 Å². The first kappa shape index (κ1) is 8.37. The topological polar surface area (TPSA) is 69.1 Å². The summed E-state index contributed by atoms with van der Waals surface area (Å²) >= 11 is 1.53. The van der Waals surface area contributed by atoms with Gasteiger partial charge in [0.2, 0.25) is 0 Å². The fourth-order valence-electron chi connectivity index (χ4n) is 1.40. The minimum absolute atomic E-state index is 0.679. The summed E-state index contributed by atoms with van der Waals surface area (Å²) in [7, 11) is 0. The smallest absolute Gasteiger partial charge is 0.187 e. The Morgan fingerprint density at radius 3 is 3.00 bits per heavy atom. The predicted molar refractivity (Wildman–Crippen MR) is 58.5 cm³/mol. The molecule has 0 bridgehead atoms. The molecule has 6 heteroatoms. The fraction of sp³-hybridized carbons (Fsp3) is 0. The number of pyridine rings is 1. The second-order valence-corrected chi connectivity index (χ2v) is 3.81. The normalized spacial score (nSPS) is 10.9. The molecule has 0 saturated carbocycles. The van der Waals surface area contributed by atoms with Crippen molar-refractivity contribution in [2.75, 3.05) is 5.73 Å². The van der Waals surface area contributed by atoms with Crippen LogP contribution in [0.4, 0.5) is 5.69 Å². The van der Waals surface area contributed by atoms with Gasteiger partial charge >= 0.3 is 0 Å². The van der Waals surface area contributed by atoms with E-state index in [1.807, 2.05) is 15.8 Å². The molecule has 0 aliphatic heterocycles. The van der Waals surface area contributed by atoms with Crippen molar-refractivity contribution in [3.05, 3.63) is 29.2 Å². The summed E-state index contributed by atoms with van der Waals surface area (Å²) in [6.07, 6.45) is 1.80. The summed E-state index contributed by atoms with van der Waals surface area (Å²) in [4.78, 5) is 4.19. The number of hydrogen-bond acceptors (Lipinski definition) is 5. The van der Waals surface area contributed by atoms with Crippen LogP contribution in [0.25, 0.3) is 17.2 Å². The molecule has 0 atom stereocenters. The monoisotopic (exact) mass is 217 g/mol. The SMILES string of the molecule is Nc1ccc2nnc(-c3cscn3)n2c1. The Bertz CT molecular complexity index is 598. The molecule has 0 radical (unpaired) electrons. The number of nitrogen functional groups attached to an aromatic ring is 1. The van der Waals surface area contributed by atoms with E-state index in [4.69, 9.17) is 5.73 Å². The van der Waals surface area contributed by atoms with Crippen LogP contribution in [-0.2, 0) is 0 Å². The molecule has 3 aromatic rings. The number of anilines is 1. The predicted octanol–water partition coefficient (Wildman–Crippen LogP) is 1.44. The van der Waals surface area contributed by atoms with Gasteiger partial charge in [-0.3, -0.25) is 4.40 Å². The number of aromatic nitrogens is 4. The van der Waals surface area contributed by atoms with Crippen molar-refractivity contribution < 1.29 is 0 Å². The van der Waals surface area contributed by atoms with E-state index in [-0.39, 0.29) is 0 Å². The summed E-state index contributed by atoms with van der Waals surface area (Å²) in [5.74, 6) is 0.721. The third-order valence-corrected chi connectivity index (χ3v) is 2.67. The highest BCUT2D eigenvalue weighted by atomic mass is 32.1. The van der Waals surface area contributed by atoms with Crippen LogP contribution >= 0.6 is 11.3 Å². The molecule has 3 rings (SSSR count). The van der Waals surface area contributed by atoms with Crippen molar-refractivity contribution in [2.45, 2.75) is 0 Å². The molecule has 2 N–H and O–H groups in total. The van der Waals surface area contributed by atoms with E-state index in [1.54, 1.807) is 17.8 Å². The summed E-state index contributed by atoms with van der Waals surface area (Å²) < 4.78 is 1.84. The van der Waals surface area contributed by atoms with E-state index < -0.39 is 0 Å². The number of rotatable bonds is 1. The lowest BCUT2D eigenvalue weighted by Gasteiger charge is -1.97. The van der Waals surface area contributed by atoms with Gasteiger partial charge in [-0.1, -0.05) is 0 Å².